The van der Waals surface area contributed by atoms with E-state index in [1.807, 2.05) is 91.7 Å². The van der Waals surface area contributed by atoms with Gasteiger partial charge in [-0.1, -0.05) is 31.2 Å². The molecule has 20 heteroatoms. The van der Waals surface area contributed by atoms with E-state index in [4.69, 9.17) is 85.5 Å². The number of aryl methyl sites for hydroxylation is 5. The van der Waals surface area contributed by atoms with E-state index in [0.717, 1.165) is 102 Å². The van der Waals surface area contributed by atoms with Crippen molar-refractivity contribution in [1.29, 1.82) is 0 Å². The second-order valence-electron chi connectivity index (χ2n) is 17.3. The molecular weight excluding hydrogens is 1050 g/mol. The van der Waals surface area contributed by atoms with Gasteiger partial charge in [-0.05, 0) is 210 Å². The maximum Gasteiger partial charge on any atom is 0.515 e. The molecule has 2 atom stereocenters. The molecule has 0 saturated heterocycles. The van der Waals surface area contributed by atoms with Gasteiger partial charge in [0.15, 0.2) is 0 Å². The van der Waals surface area contributed by atoms with Crippen LogP contribution in [0.4, 0.5) is 19.3 Å². The molecule has 0 saturated carbocycles. The van der Waals surface area contributed by atoms with Gasteiger partial charge in [0.1, 0.15) is 23.0 Å². The number of halogens is 8. The van der Waals surface area contributed by atoms with Crippen LogP contribution in [0.5, 0.6) is 0 Å². The normalized spacial score (nSPS) is 13.4. The summed E-state index contributed by atoms with van der Waals surface area (Å²) < 4.78 is 33.8. The Kier molecular flexibility index (Phi) is 16.9. The number of hydrogen-bond donors (Lipinski definition) is 1. The van der Waals surface area contributed by atoms with Crippen molar-refractivity contribution in [3.05, 3.63) is 160 Å². The first-order chi connectivity index (χ1) is 33.9. The lowest BCUT2D eigenvalue weighted by Gasteiger charge is -2.34. The molecule has 12 nitrogen and oxygen atoms in total. The molecule has 0 fully saturated rings. The third-order valence-corrected chi connectivity index (χ3v) is 12.6. The molecule has 4 aromatic carbocycles. The minimum absolute atomic E-state index is 0.0795. The van der Waals surface area contributed by atoms with Gasteiger partial charge in [-0.2, -0.15) is 10.2 Å². The van der Waals surface area contributed by atoms with Crippen molar-refractivity contribution in [3.63, 3.8) is 0 Å². The number of benzene rings is 4. The smallest absolute Gasteiger partial charge is 0.398 e. The topological polar surface area (TPSA) is 143 Å². The Morgan fingerprint density at radius 2 is 1.18 bits per heavy atom. The Balaban J connectivity index is 0.000000174. The van der Waals surface area contributed by atoms with Crippen molar-refractivity contribution in [1.82, 2.24) is 34.4 Å². The van der Waals surface area contributed by atoms with E-state index in [2.05, 4.69) is 50.6 Å². The number of nitrogen functional groups attached to an aromatic ring is 1. The summed E-state index contributed by atoms with van der Waals surface area (Å²) >= 11 is 30.2. The minimum atomic E-state index is -2.24. The number of fused-ring (bicyclic) bond motifs is 3. The first-order valence-electron chi connectivity index (χ1n) is 22.4. The second kappa shape index (κ2) is 22.6. The van der Waals surface area contributed by atoms with Crippen molar-refractivity contribution >= 4 is 109 Å². The summed E-state index contributed by atoms with van der Waals surface area (Å²) in [4.78, 5) is 33.9. The molecule has 72 heavy (non-hydrogen) atoms. The summed E-state index contributed by atoms with van der Waals surface area (Å²) in [7, 11) is 3.87. The Hall–Kier alpha value is -5.74. The first kappa shape index (κ1) is 54.0. The number of aromatic nitrogens is 6. The number of amides is 1. The largest absolute Gasteiger partial charge is 0.515 e. The molecule has 4 aromatic heterocycles. The molecule has 1 aliphatic heterocycles. The van der Waals surface area contributed by atoms with Gasteiger partial charge >= 0.3 is 14.1 Å². The molecule has 0 aliphatic carbocycles. The third-order valence-electron chi connectivity index (χ3n) is 12.1. The van der Waals surface area contributed by atoms with E-state index in [0.29, 0.717) is 18.9 Å². The molecule has 0 spiro atoms. The number of carbonyl (C=O) groups excluding carboxylic acids is 2. The average molecular weight is 1100 g/mol. The number of carbonyl (C=O) groups is 2. The molecule has 376 valence electrons. The lowest BCUT2D eigenvalue weighted by Crippen LogP contribution is -2.38. The van der Waals surface area contributed by atoms with Crippen molar-refractivity contribution in [2.45, 2.75) is 73.4 Å². The Morgan fingerprint density at radius 1 is 0.694 bits per heavy atom. The van der Waals surface area contributed by atoms with Crippen LogP contribution in [-0.4, -0.2) is 54.4 Å². The maximum atomic E-state index is 13.3. The summed E-state index contributed by atoms with van der Waals surface area (Å²) in [5.74, 6) is -0.0760. The highest BCUT2D eigenvalue weighted by Crippen LogP contribution is 2.37. The zero-order valence-corrected chi connectivity index (χ0v) is 44.3. The van der Waals surface area contributed by atoms with Crippen molar-refractivity contribution < 1.29 is 27.8 Å². The molecule has 0 unspecified atom stereocenters. The van der Waals surface area contributed by atoms with Crippen molar-refractivity contribution in [2.24, 2.45) is 14.1 Å². The molecule has 0 bridgehead atoms. The van der Waals surface area contributed by atoms with E-state index >= 15 is 0 Å². The number of alkyl halides is 6. The predicted molar refractivity (Wildman–Crippen MR) is 282 cm³/mol. The van der Waals surface area contributed by atoms with Gasteiger partial charge in [0, 0.05) is 72.0 Å². The first-order valence-corrected chi connectivity index (χ1v) is 24.6. The zero-order chi connectivity index (χ0) is 52.2. The van der Waals surface area contributed by atoms with E-state index in [1.165, 1.54) is 24.3 Å². The number of anilines is 1. The quantitative estimate of drug-likeness (QED) is 0.0893. The van der Waals surface area contributed by atoms with Crippen LogP contribution in [0.15, 0.2) is 109 Å². The van der Waals surface area contributed by atoms with Crippen LogP contribution in [0.2, 0.25) is 0 Å². The number of rotatable bonds is 8. The van der Waals surface area contributed by atoms with Crippen molar-refractivity contribution in [2.75, 3.05) is 5.73 Å². The van der Waals surface area contributed by atoms with E-state index in [1.54, 1.807) is 18.3 Å². The lowest BCUT2D eigenvalue weighted by atomic mass is 9.93. The summed E-state index contributed by atoms with van der Waals surface area (Å²) in [5, 5.41) is 11.6. The Morgan fingerprint density at radius 3 is 1.68 bits per heavy atom. The van der Waals surface area contributed by atoms with E-state index in [-0.39, 0.29) is 23.6 Å². The summed E-state index contributed by atoms with van der Waals surface area (Å²) in [6.45, 7) is 8.62. The number of nitrogens with zero attached hydrogens (tertiary/aromatic N) is 7. The number of ether oxygens (including phenoxy) is 2. The highest BCUT2D eigenvalue weighted by atomic mass is 35.6. The fourth-order valence-corrected chi connectivity index (χ4v) is 8.82. The monoisotopic (exact) mass is 1100 g/mol. The summed E-state index contributed by atoms with van der Waals surface area (Å²) in [6.07, 6.45) is 4.35. The van der Waals surface area contributed by atoms with Crippen LogP contribution < -0.4 is 5.73 Å². The van der Waals surface area contributed by atoms with Crippen LogP contribution in [0.3, 0.4) is 0 Å². The number of nitrogens with two attached hydrogens (primary N) is 1. The predicted octanol–water partition coefficient (Wildman–Crippen LogP) is 13.9. The van der Waals surface area contributed by atoms with Crippen LogP contribution in [0.25, 0.3) is 44.3 Å². The molecule has 0 radical (unpaired) electrons. The van der Waals surface area contributed by atoms with Crippen LogP contribution in [0.1, 0.15) is 71.4 Å². The van der Waals surface area contributed by atoms with Crippen LogP contribution in [-0.2, 0) is 47.8 Å². The Labute approximate surface area is 444 Å². The summed E-state index contributed by atoms with van der Waals surface area (Å²) in [6, 6.07) is 29.5. The lowest BCUT2D eigenvalue weighted by molar-refractivity contribution is -0.134. The number of hydrogen-bond acceptors (Lipinski definition) is 9. The molecule has 5 heterocycles. The molecule has 9 rings (SSSR count). The standard InChI is InChI=1S/C25H23FN4O.C24H25FN4.C3Cl6O3/c1-15-10-18(8-9-27-15)25-22-11-20-14-30(16(2)17-4-6-21(26)7-5-17)24(31)13-19(20)12-23(22)29(3)28-25;1-15(17-6-8-20(25)9-7-17)4-5-18-13-21-23(14-22(18)26)29(3)28-24(21)19-10-11-27-16(2)12-19;4-2(5,6)11-1(10)12-3(7,8)9/h4-12,16H,13-14H2,1-3H3;6-15H,4-5,26H2,1-3H3;/t16-;15-;/m10./s1. The highest BCUT2D eigenvalue weighted by Gasteiger charge is 2.33. The van der Waals surface area contributed by atoms with Gasteiger partial charge < -0.3 is 20.1 Å². The van der Waals surface area contributed by atoms with Gasteiger partial charge in [0.25, 0.3) is 0 Å². The fraction of sp³-hybridized carbons (Fsp3) is 0.269. The molecule has 1 aliphatic rings. The summed E-state index contributed by atoms with van der Waals surface area (Å²) in [5.41, 5.74) is 20.4. The molecular formula is C52H48Cl6F2N8O4. The molecule has 1 amide bonds. The van der Waals surface area contributed by atoms with Crippen LogP contribution >= 0.6 is 69.6 Å². The van der Waals surface area contributed by atoms with Crippen LogP contribution in [0, 0.1) is 25.5 Å². The van der Waals surface area contributed by atoms with Gasteiger partial charge in [0.2, 0.25) is 5.91 Å². The SMILES string of the molecule is Cc1cc(-c2nn(C)c3cc(N)c(CC[C@H](C)c4ccc(F)cc4)cc23)ccn1.Cc1cc(-c2nn(C)c3cc4c(cc23)CN([C@H](C)c2ccc(F)cc2)C(=O)C4)ccn1.O=C(OC(Cl)(Cl)Cl)OC(Cl)(Cl)Cl. The highest BCUT2D eigenvalue weighted by molar-refractivity contribution is 6.67. The Bertz CT molecular complexity index is 3230. The average Bonchev–Trinajstić information content (AvgIpc) is 3.80. The zero-order valence-electron chi connectivity index (χ0n) is 39.7. The minimum Gasteiger partial charge on any atom is -0.398 e. The second-order valence-corrected chi connectivity index (χ2v) is 21.6. The van der Waals surface area contributed by atoms with E-state index in [9.17, 15) is 18.4 Å². The van der Waals surface area contributed by atoms with Gasteiger partial charge in [-0.25, -0.2) is 13.6 Å². The molecule has 8 aromatic rings. The molecule has 2 N–H and O–H groups in total. The maximum absolute atomic E-state index is 13.3. The fourth-order valence-electron chi connectivity index (χ4n) is 8.45. The van der Waals surface area contributed by atoms with E-state index < -0.39 is 14.1 Å². The van der Waals surface area contributed by atoms with Gasteiger partial charge in [-0.3, -0.25) is 24.1 Å². The van der Waals surface area contributed by atoms with Gasteiger partial charge in [-0.15, -0.1) is 0 Å². The van der Waals surface area contributed by atoms with Gasteiger partial charge in [0.05, 0.1) is 23.5 Å². The number of pyridine rings is 2. The third kappa shape index (κ3) is 13.6. The van der Waals surface area contributed by atoms with Crippen molar-refractivity contribution in [3.8, 4) is 22.5 Å².